The van der Waals surface area contributed by atoms with Crippen LogP contribution in [0.2, 0.25) is 5.02 Å². The number of amides is 1. The van der Waals surface area contributed by atoms with E-state index in [2.05, 4.69) is 10.6 Å². The maximum atomic E-state index is 13.4. The molecule has 0 aromatic heterocycles. The van der Waals surface area contributed by atoms with Crippen LogP contribution in [-0.2, 0) is 17.5 Å². The Morgan fingerprint density at radius 2 is 1.83 bits per heavy atom. The zero-order valence-electron chi connectivity index (χ0n) is 12.3. The standard InChI is InChI=1S/C16H13ClF4N2O/c17-12-6-5-11(16(19,20)21)7-14(12)23-15(24)9-22-8-10-3-1-2-4-13(10)18/h1-7,22H,8-9H2,(H,23,24). The van der Waals surface area contributed by atoms with Gasteiger partial charge in [-0.2, -0.15) is 13.2 Å². The van der Waals surface area contributed by atoms with E-state index < -0.39 is 23.5 Å². The number of halogens is 5. The molecule has 1 amide bonds. The Bertz CT molecular complexity index is 734. The SMILES string of the molecule is O=C(CNCc1ccccc1F)Nc1cc(C(F)(F)F)ccc1Cl. The lowest BCUT2D eigenvalue weighted by molar-refractivity contribution is -0.137. The highest BCUT2D eigenvalue weighted by atomic mass is 35.5. The smallest absolute Gasteiger partial charge is 0.324 e. The van der Waals surface area contributed by atoms with Gasteiger partial charge in [-0.3, -0.25) is 4.79 Å². The number of alkyl halides is 3. The van der Waals surface area contributed by atoms with Gasteiger partial charge in [-0.05, 0) is 24.3 Å². The van der Waals surface area contributed by atoms with Gasteiger partial charge < -0.3 is 10.6 Å². The summed E-state index contributed by atoms with van der Waals surface area (Å²) in [6, 6.07) is 8.70. The first-order valence-corrected chi connectivity index (χ1v) is 7.26. The summed E-state index contributed by atoms with van der Waals surface area (Å²) in [5, 5.41) is 5.00. The summed E-state index contributed by atoms with van der Waals surface area (Å²) in [4.78, 5) is 11.8. The van der Waals surface area contributed by atoms with Crippen molar-refractivity contribution in [3.05, 3.63) is 64.4 Å². The Labute approximate surface area is 140 Å². The molecule has 128 valence electrons. The Morgan fingerprint density at radius 1 is 1.12 bits per heavy atom. The van der Waals surface area contributed by atoms with E-state index in [1.165, 1.54) is 6.07 Å². The van der Waals surface area contributed by atoms with E-state index in [1.54, 1.807) is 18.2 Å². The molecule has 0 saturated carbocycles. The molecule has 0 aliphatic heterocycles. The first kappa shape index (κ1) is 18.2. The minimum atomic E-state index is -4.53. The highest BCUT2D eigenvalue weighted by Crippen LogP contribution is 2.33. The lowest BCUT2D eigenvalue weighted by Crippen LogP contribution is -2.28. The second-order valence-electron chi connectivity index (χ2n) is 4.94. The maximum Gasteiger partial charge on any atom is 0.416 e. The molecule has 0 heterocycles. The van der Waals surface area contributed by atoms with Crippen molar-refractivity contribution in [1.29, 1.82) is 0 Å². The second-order valence-corrected chi connectivity index (χ2v) is 5.34. The third kappa shape index (κ3) is 4.94. The van der Waals surface area contributed by atoms with Crippen LogP contribution in [0.1, 0.15) is 11.1 Å². The molecule has 0 radical (unpaired) electrons. The average Bonchev–Trinajstić information content (AvgIpc) is 2.50. The molecule has 2 rings (SSSR count). The molecule has 0 saturated heterocycles. The molecular weight excluding hydrogens is 348 g/mol. The zero-order chi connectivity index (χ0) is 17.7. The second kappa shape index (κ2) is 7.63. The summed E-state index contributed by atoms with van der Waals surface area (Å²) in [7, 11) is 0. The number of benzene rings is 2. The highest BCUT2D eigenvalue weighted by molar-refractivity contribution is 6.33. The summed E-state index contributed by atoms with van der Waals surface area (Å²) in [5.41, 5.74) is -0.673. The van der Waals surface area contributed by atoms with E-state index in [0.717, 1.165) is 18.2 Å². The van der Waals surface area contributed by atoms with Crippen LogP contribution < -0.4 is 10.6 Å². The van der Waals surface area contributed by atoms with Gasteiger partial charge in [0.1, 0.15) is 5.82 Å². The van der Waals surface area contributed by atoms with E-state index >= 15 is 0 Å². The predicted molar refractivity (Wildman–Crippen MR) is 83.2 cm³/mol. The largest absolute Gasteiger partial charge is 0.416 e. The van der Waals surface area contributed by atoms with Crippen LogP contribution >= 0.6 is 11.6 Å². The zero-order valence-corrected chi connectivity index (χ0v) is 13.0. The molecule has 0 bridgehead atoms. The van der Waals surface area contributed by atoms with Crippen molar-refractivity contribution in [3.63, 3.8) is 0 Å². The maximum absolute atomic E-state index is 13.4. The van der Waals surface area contributed by atoms with Crippen LogP contribution in [0.15, 0.2) is 42.5 Å². The van der Waals surface area contributed by atoms with Gasteiger partial charge in [0, 0.05) is 12.1 Å². The Balaban J connectivity index is 1.94. The van der Waals surface area contributed by atoms with Gasteiger partial charge in [0.25, 0.3) is 0 Å². The van der Waals surface area contributed by atoms with Crippen molar-refractivity contribution in [3.8, 4) is 0 Å². The highest BCUT2D eigenvalue weighted by Gasteiger charge is 2.31. The number of carbonyl (C=O) groups excluding carboxylic acids is 1. The first-order valence-electron chi connectivity index (χ1n) is 6.88. The molecule has 2 N–H and O–H groups in total. The van der Waals surface area contributed by atoms with Crippen molar-refractivity contribution in [2.45, 2.75) is 12.7 Å². The first-order chi connectivity index (χ1) is 11.3. The normalized spacial score (nSPS) is 11.4. The van der Waals surface area contributed by atoms with Crippen molar-refractivity contribution in [2.24, 2.45) is 0 Å². The van der Waals surface area contributed by atoms with Crippen LogP contribution in [0.5, 0.6) is 0 Å². The van der Waals surface area contributed by atoms with Crippen molar-refractivity contribution < 1.29 is 22.4 Å². The van der Waals surface area contributed by atoms with Gasteiger partial charge in [0.05, 0.1) is 22.8 Å². The number of nitrogens with one attached hydrogen (secondary N) is 2. The fourth-order valence-corrected chi connectivity index (χ4v) is 2.11. The quantitative estimate of drug-likeness (QED) is 0.784. The van der Waals surface area contributed by atoms with Crippen molar-refractivity contribution >= 4 is 23.2 Å². The summed E-state index contributed by atoms with van der Waals surface area (Å²) in [6.07, 6.45) is -4.53. The Hall–Kier alpha value is -2.12. The summed E-state index contributed by atoms with van der Waals surface area (Å²) >= 11 is 5.79. The van der Waals surface area contributed by atoms with Crippen LogP contribution in [0.25, 0.3) is 0 Å². The fraction of sp³-hybridized carbons (Fsp3) is 0.188. The van der Waals surface area contributed by atoms with Gasteiger partial charge >= 0.3 is 6.18 Å². The summed E-state index contributed by atoms with van der Waals surface area (Å²) in [6.45, 7) is -0.0999. The lowest BCUT2D eigenvalue weighted by Gasteiger charge is -2.12. The van der Waals surface area contributed by atoms with Crippen LogP contribution in [0.3, 0.4) is 0 Å². The minimum absolute atomic E-state index is 0.00884. The van der Waals surface area contributed by atoms with E-state index in [0.29, 0.717) is 5.56 Å². The van der Waals surface area contributed by atoms with Crippen molar-refractivity contribution in [2.75, 3.05) is 11.9 Å². The van der Waals surface area contributed by atoms with Gasteiger partial charge in [0.15, 0.2) is 0 Å². The molecule has 0 unspecified atom stereocenters. The third-order valence-corrected chi connectivity index (χ3v) is 3.46. The molecule has 2 aromatic rings. The predicted octanol–water partition coefficient (Wildman–Crippen LogP) is 4.23. The topological polar surface area (TPSA) is 41.1 Å². The number of carbonyl (C=O) groups is 1. The van der Waals surface area contributed by atoms with Gasteiger partial charge in [0.2, 0.25) is 5.91 Å². The molecule has 2 aromatic carbocycles. The Morgan fingerprint density at radius 3 is 2.50 bits per heavy atom. The van der Waals surface area contributed by atoms with E-state index in [1.807, 2.05) is 0 Å². The molecule has 0 fully saturated rings. The van der Waals surface area contributed by atoms with Gasteiger partial charge in [-0.25, -0.2) is 4.39 Å². The fourth-order valence-electron chi connectivity index (χ4n) is 1.94. The lowest BCUT2D eigenvalue weighted by atomic mass is 10.2. The van der Waals surface area contributed by atoms with E-state index in [-0.39, 0.29) is 23.8 Å². The number of hydrogen-bond donors (Lipinski definition) is 2. The summed E-state index contributed by atoms with van der Waals surface area (Å²) < 4.78 is 51.4. The molecule has 24 heavy (non-hydrogen) atoms. The van der Waals surface area contributed by atoms with Crippen LogP contribution in [0, 0.1) is 5.82 Å². The van der Waals surface area contributed by atoms with E-state index in [4.69, 9.17) is 11.6 Å². The Kier molecular flexibility index (Phi) is 5.80. The molecule has 3 nitrogen and oxygen atoms in total. The average molecular weight is 361 g/mol. The number of rotatable bonds is 5. The molecule has 0 aliphatic carbocycles. The van der Waals surface area contributed by atoms with Gasteiger partial charge in [-0.1, -0.05) is 29.8 Å². The molecule has 0 atom stereocenters. The van der Waals surface area contributed by atoms with Crippen LogP contribution in [0.4, 0.5) is 23.2 Å². The molecule has 0 aliphatic rings. The molecule has 0 spiro atoms. The monoisotopic (exact) mass is 360 g/mol. The van der Waals surface area contributed by atoms with Gasteiger partial charge in [-0.15, -0.1) is 0 Å². The number of anilines is 1. The minimum Gasteiger partial charge on any atom is -0.324 e. The molecular formula is C16H13ClF4N2O. The van der Waals surface area contributed by atoms with Crippen LogP contribution in [-0.4, -0.2) is 12.5 Å². The summed E-state index contributed by atoms with van der Waals surface area (Å²) in [5.74, 6) is -1.00. The molecule has 8 heteroatoms. The van der Waals surface area contributed by atoms with E-state index in [9.17, 15) is 22.4 Å². The third-order valence-electron chi connectivity index (χ3n) is 3.13. The van der Waals surface area contributed by atoms with Crippen molar-refractivity contribution in [1.82, 2.24) is 5.32 Å². The number of hydrogen-bond acceptors (Lipinski definition) is 2.